The summed E-state index contributed by atoms with van der Waals surface area (Å²) in [6.07, 6.45) is 3.64. The van der Waals surface area contributed by atoms with E-state index in [1.807, 2.05) is 49.0 Å². The van der Waals surface area contributed by atoms with Crippen LogP contribution in [0.4, 0.5) is 0 Å². The van der Waals surface area contributed by atoms with Crippen molar-refractivity contribution in [1.29, 1.82) is 0 Å². The molecule has 2 atom stereocenters. The molecule has 2 aromatic rings. The first kappa shape index (κ1) is 15.6. The summed E-state index contributed by atoms with van der Waals surface area (Å²) in [4.78, 5) is 12.1. The summed E-state index contributed by atoms with van der Waals surface area (Å²) in [7, 11) is 0. The molecule has 21 heavy (non-hydrogen) atoms. The Labute approximate surface area is 129 Å². The summed E-state index contributed by atoms with van der Waals surface area (Å²) in [5.74, 6) is 0.929. The molecule has 1 amide bonds. The van der Waals surface area contributed by atoms with E-state index in [0.717, 1.165) is 5.75 Å². The second-order valence-corrected chi connectivity index (χ2v) is 6.41. The minimum absolute atomic E-state index is 0.0646. The van der Waals surface area contributed by atoms with Crippen LogP contribution in [-0.4, -0.2) is 27.0 Å². The van der Waals surface area contributed by atoms with Gasteiger partial charge in [0.1, 0.15) is 0 Å². The molecule has 1 aromatic heterocycles. The van der Waals surface area contributed by atoms with Gasteiger partial charge < -0.3 is 5.32 Å². The molecule has 0 aliphatic carbocycles. The normalized spacial score (nSPS) is 13.6. The molecule has 1 heterocycles. The van der Waals surface area contributed by atoms with Gasteiger partial charge in [0.2, 0.25) is 5.91 Å². The maximum atomic E-state index is 12.1. The lowest BCUT2D eigenvalue weighted by atomic mass is 10.2. The second kappa shape index (κ2) is 7.88. The zero-order valence-electron chi connectivity index (χ0n) is 12.4. The lowest BCUT2D eigenvalue weighted by molar-refractivity contribution is -0.121. The van der Waals surface area contributed by atoms with Gasteiger partial charge in [-0.15, -0.1) is 11.8 Å². The van der Waals surface area contributed by atoms with Gasteiger partial charge in [0, 0.05) is 24.2 Å². The Kier molecular flexibility index (Phi) is 5.87. The molecular formula is C16H21N3OS. The molecule has 0 spiro atoms. The fourth-order valence-electron chi connectivity index (χ4n) is 1.97. The van der Waals surface area contributed by atoms with E-state index in [1.54, 1.807) is 18.0 Å². The quantitative estimate of drug-likeness (QED) is 0.855. The summed E-state index contributed by atoms with van der Waals surface area (Å²) < 4.78 is 1.83. The Balaban J connectivity index is 1.74. The van der Waals surface area contributed by atoms with Crippen molar-refractivity contribution in [2.75, 3.05) is 0 Å². The van der Waals surface area contributed by atoms with Crippen LogP contribution in [0.3, 0.4) is 0 Å². The average molecular weight is 303 g/mol. The van der Waals surface area contributed by atoms with Gasteiger partial charge in [-0.2, -0.15) is 5.10 Å². The van der Waals surface area contributed by atoms with Crippen LogP contribution in [0.15, 0.2) is 48.8 Å². The number of carbonyl (C=O) groups is 1. The van der Waals surface area contributed by atoms with E-state index in [4.69, 9.17) is 0 Å². The molecule has 2 unspecified atom stereocenters. The van der Waals surface area contributed by atoms with Crippen molar-refractivity contribution in [3.05, 3.63) is 54.4 Å². The lowest BCUT2D eigenvalue weighted by Crippen LogP contribution is -2.40. The Bertz CT molecular complexity index is 542. The summed E-state index contributed by atoms with van der Waals surface area (Å²) >= 11 is 1.65. The number of thioether (sulfide) groups is 1. The van der Waals surface area contributed by atoms with Gasteiger partial charge in [-0.05, 0) is 25.5 Å². The van der Waals surface area contributed by atoms with E-state index in [0.29, 0.717) is 6.54 Å². The van der Waals surface area contributed by atoms with Gasteiger partial charge in [-0.1, -0.05) is 30.3 Å². The van der Waals surface area contributed by atoms with Crippen LogP contribution in [0.25, 0.3) is 0 Å². The first-order valence-corrected chi connectivity index (χ1v) is 8.13. The lowest BCUT2D eigenvalue weighted by Gasteiger charge is -2.17. The zero-order valence-corrected chi connectivity index (χ0v) is 13.2. The first-order valence-electron chi connectivity index (χ1n) is 7.08. The minimum atomic E-state index is -0.0646. The van der Waals surface area contributed by atoms with Gasteiger partial charge in [0.05, 0.1) is 11.8 Å². The smallest absolute Gasteiger partial charge is 0.233 e. The van der Waals surface area contributed by atoms with Crippen molar-refractivity contribution in [3.8, 4) is 0 Å². The zero-order chi connectivity index (χ0) is 15.1. The van der Waals surface area contributed by atoms with E-state index in [9.17, 15) is 4.79 Å². The average Bonchev–Trinajstić information content (AvgIpc) is 2.98. The van der Waals surface area contributed by atoms with E-state index < -0.39 is 0 Å². The fraction of sp³-hybridized carbons (Fsp3) is 0.375. The summed E-state index contributed by atoms with van der Waals surface area (Å²) in [6.45, 7) is 4.63. The SMILES string of the molecule is CC(Cn1cccn1)NC(=O)C(C)SCc1ccccc1. The van der Waals surface area contributed by atoms with E-state index in [2.05, 4.69) is 22.5 Å². The van der Waals surface area contributed by atoms with Gasteiger partial charge in [-0.3, -0.25) is 9.48 Å². The number of nitrogens with zero attached hydrogens (tertiary/aromatic N) is 2. The maximum absolute atomic E-state index is 12.1. The molecule has 2 rings (SSSR count). The molecule has 0 aliphatic rings. The molecule has 0 bridgehead atoms. The molecule has 0 radical (unpaired) electrons. The van der Waals surface area contributed by atoms with Crippen LogP contribution in [-0.2, 0) is 17.1 Å². The molecular weight excluding hydrogens is 282 g/mol. The maximum Gasteiger partial charge on any atom is 0.233 e. The van der Waals surface area contributed by atoms with Crippen LogP contribution < -0.4 is 5.32 Å². The Morgan fingerprint density at radius 2 is 2.05 bits per heavy atom. The van der Waals surface area contributed by atoms with Crippen LogP contribution >= 0.6 is 11.8 Å². The van der Waals surface area contributed by atoms with E-state index in [-0.39, 0.29) is 17.2 Å². The Hall–Kier alpha value is -1.75. The third-order valence-corrected chi connectivity index (χ3v) is 4.33. The van der Waals surface area contributed by atoms with Gasteiger partial charge in [0.25, 0.3) is 0 Å². The van der Waals surface area contributed by atoms with Gasteiger partial charge >= 0.3 is 0 Å². The third-order valence-electron chi connectivity index (χ3n) is 3.12. The number of rotatable bonds is 7. The largest absolute Gasteiger partial charge is 0.351 e. The highest BCUT2D eigenvalue weighted by Crippen LogP contribution is 2.17. The molecule has 0 fully saturated rings. The summed E-state index contributed by atoms with van der Waals surface area (Å²) in [6, 6.07) is 12.2. The van der Waals surface area contributed by atoms with Crippen molar-refractivity contribution < 1.29 is 4.79 Å². The molecule has 1 aromatic carbocycles. The molecule has 4 nitrogen and oxygen atoms in total. The second-order valence-electron chi connectivity index (χ2n) is 5.08. The van der Waals surface area contributed by atoms with Crippen molar-refractivity contribution in [2.24, 2.45) is 0 Å². The van der Waals surface area contributed by atoms with E-state index in [1.165, 1.54) is 5.56 Å². The predicted molar refractivity (Wildman–Crippen MR) is 87.0 cm³/mol. The fourth-order valence-corrected chi connectivity index (χ4v) is 2.82. The third kappa shape index (κ3) is 5.27. The first-order chi connectivity index (χ1) is 10.1. The highest BCUT2D eigenvalue weighted by atomic mass is 32.2. The minimum Gasteiger partial charge on any atom is -0.351 e. The van der Waals surface area contributed by atoms with Crippen LogP contribution in [0.5, 0.6) is 0 Å². The van der Waals surface area contributed by atoms with Crippen molar-refractivity contribution >= 4 is 17.7 Å². The molecule has 0 saturated carbocycles. The van der Waals surface area contributed by atoms with Gasteiger partial charge in [0.15, 0.2) is 0 Å². The highest BCUT2D eigenvalue weighted by molar-refractivity contribution is 7.99. The van der Waals surface area contributed by atoms with Crippen molar-refractivity contribution in [1.82, 2.24) is 15.1 Å². The molecule has 0 aliphatic heterocycles. The molecule has 0 saturated heterocycles. The van der Waals surface area contributed by atoms with Gasteiger partial charge in [-0.25, -0.2) is 0 Å². The standard InChI is InChI=1S/C16H21N3OS/c1-13(11-19-10-6-9-17-19)18-16(20)14(2)21-12-15-7-4-3-5-8-15/h3-10,13-14H,11-12H2,1-2H3,(H,18,20). The van der Waals surface area contributed by atoms with E-state index >= 15 is 0 Å². The topological polar surface area (TPSA) is 46.9 Å². The summed E-state index contributed by atoms with van der Waals surface area (Å²) in [5.41, 5.74) is 1.24. The molecule has 5 heteroatoms. The van der Waals surface area contributed by atoms with Crippen LogP contribution in [0.2, 0.25) is 0 Å². The molecule has 112 valence electrons. The number of nitrogens with one attached hydrogen (secondary N) is 1. The Morgan fingerprint density at radius 3 is 2.71 bits per heavy atom. The number of amides is 1. The summed E-state index contributed by atoms with van der Waals surface area (Å²) in [5, 5.41) is 7.11. The monoisotopic (exact) mass is 303 g/mol. The number of hydrogen-bond donors (Lipinski definition) is 1. The Morgan fingerprint density at radius 1 is 1.29 bits per heavy atom. The predicted octanol–water partition coefficient (Wildman–Crippen LogP) is 2.71. The van der Waals surface area contributed by atoms with Crippen LogP contribution in [0, 0.1) is 0 Å². The number of aromatic nitrogens is 2. The van der Waals surface area contributed by atoms with Crippen molar-refractivity contribution in [2.45, 2.75) is 37.4 Å². The number of hydrogen-bond acceptors (Lipinski definition) is 3. The van der Waals surface area contributed by atoms with Crippen molar-refractivity contribution in [3.63, 3.8) is 0 Å². The van der Waals surface area contributed by atoms with Crippen LogP contribution in [0.1, 0.15) is 19.4 Å². The number of carbonyl (C=O) groups excluding carboxylic acids is 1. The number of benzene rings is 1. The highest BCUT2D eigenvalue weighted by Gasteiger charge is 2.16. The molecule has 1 N–H and O–H groups in total.